The third-order valence-electron chi connectivity index (χ3n) is 6.19. The Bertz CT molecular complexity index is 1220. The highest BCUT2D eigenvalue weighted by Gasteiger charge is 2.43. The van der Waals surface area contributed by atoms with Crippen molar-refractivity contribution in [2.24, 2.45) is 0 Å². The molecule has 38 heavy (non-hydrogen) atoms. The average Bonchev–Trinajstić information content (AvgIpc) is 3.09. The maximum Gasteiger partial charge on any atom is 0.423 e. The third-order valence-corrected chi connectivity index (χ3v) is 6.19. The molecule has 2 bridgehead atoms. The number of likely N-dealkylation sites (tertiary alicyclic amines) is 1. The zero-order chi connectivity index (χ0) is 27.7. The summed E-state index contributed by atoms with van der Waals surface area (Å²) < 4.78 is 83.1. The lowest BCUT2D eigenvalue weighted by atomic mass is 10.2. The largest absolute Gasteiger partial charge is 0.445 e. The Labute approximate surface area is 211 Å². The second-order valence-corrected chi connectivity index (χ2v) is 8.89. The summed E-state index contributed by atoms with van der Waals surface area (Å²) in [6, 6.07) is -1.01. The fourth-order valence-electron chi connectivity index (χ4n) is 4.53. The van der Waals surface area contributed by atoms with Crippen molar-refractivity contribution in [2.75, 3.05) is 29.9 Å². The molecule has 0 spiro atoms. The van der Waals surface area contributed by atoms with Crippen LogP contribution in [-0.2, 0) is 17.1 Å². The zero-order valence-corrected chi connectivity index (χ0v) is 19.9. The van der Waals surface area contributed by atoms with Crippen molar-refractivity contribution in [3.8, 4) is 0 Å². The van der Waals surface area contributed by atoms with Crippen LogP contribution in [0.4, 0.5) is 42.8 Å². The van der Waals surface area contributed by atoms with Crippen LogP contribution in [-0.4, -0.2) is 69.0 Å². The number of aromatic nitrogens is 4. The number of piperazine rings is 1. The van der Waals surface area contributed by atoms with Crippen LogP contribution in [0.5, 0.6) is 0 Å². The van der Waals surface area contributed by atoms with Gasteiger partial charge in [0.2, 0.25) is 5.95 Å². The Morgan fingerprint density at radius 1 is 1.13 bits per heavy atom. The minimum absolute atomic E-state index is 0.151. The van der Waals surface area contributed by atoms with Gasteiger partial charge in [-0.25, -0.2) is 19.9 Å². The molecule has 3 atom stereocenters. The van der Waals surface area contributed by atoms with Crippen molar-refractivity contribution in [1.29, 1.82) is 0 Å². The number of H-pyrrole nitrogens is 1. The van der Waals surface area contributed by atoms with E-state index in [1.54, 1.807) is 12.0 Å². The lowest BCUT2D eigenvalue weighted by Gasteiger charge is -2.40. The van der Waals surface area contributed by atoms with Gasteiger partial charge in [-0.05, 0) is 25.8 Å². The van der Waals surface area contributed by atoms with Crippen molar-refractivity contribution >= 4 is 17.7 Å². The van der Waals surface area contributed by atoms with Crippen LogP contribution in [0.25, 0.3) is 0 Å². The molecule has 2 aromatic rings. The van der Waals surface area contributed by atoms with Crippen LogP contribution in [0, 0.1) is 0 Å². The van der Waals surface area contributed by atoms with E-state index < -0.39 is 46.9 Å². The highest BCUT2D eigenvalue weighted by atomic mass is 19.4. The second-order valence-electron chi connectivity index (χ2n) is 8.89. The minimum atomic E-state index is -4.88. The van der Waals surface area contributed by atoms with E-state index in [0.717, 1.165) is 18.6 Å². The third kappa shape index (κ3) is 5.99. The van der Waals surface area contributed by atoms with E-state index in [0.29, 0.717) is 12.8 Å². The zero-order valence-electron chi connectivity index (χ0n) is 19.9. The average molecular weight is 547 g/mol. The van der Waals surface area contributed by atoms with Crippen molar-refractivity contribution < 1.29 is 35.9 Å². The summed E-state index contributed by atoms with van der Waals surface area (Å²) in [6.07, 6.45) is -3.34. The molecule has 206 valence electrons. The molecule has 1 amide bonds. The van der Waals surface area contributed by atoms with E-state index >= 15 is 0 Å². The number of ether oxygens (including phenoxy) is 1. The smallest absolute Gasteiger partial charge is 0.423 e. The van der Waals surface area contributed by atoms with Gasteiger partial charge >= 0.3 is 18.4 Å². The van der Waals surface area contributed by atoms with Crippen molar-refractivity contribution in [1.82, 2.24) is 25.1 Å². The summed E-state index contributed by atoms with van der Waals surface area (Å²) in [4.78, 5) is 35.2. The lowest BCUT2D eigenvalue weighted by Crippen LogP contribution is -2.56. The molecular formula is C22H23F6N7O3. The van der Waals surface area contributed by atoms with Gasteiger partial charge < -0.3 is 19.9 Å². The Kier molecular flexibility index (Phi) is 7.51. The molecule has 2 unspecified atom stereocenters. The van der Waals surface area contributed by atoms with Gasteiger partial charge in [0, 0.05) is 31.5 Å². The number of rotatable bonds is 6. The number of fused-ring (bicyclic) bond motifs is 2. The first-order valence-electron chi connectivity index (χ1n) is 11.5. The van der Waals surface area contributed by atoms with Gasteiger partial charge in [0.1, 0.15) is 12.2 Å². The summed E-state index contributed by atoms with van der Waals surface area (Å²) in [6.45, 7) is 1.94. The Balaban J connectivity index is 1.29. The second kappa shape index (κ2) is 10.5. The number of alkyl halides is 6. The number of amides is 1. The molecule has 0 aliphatic carbocycles. The summed E-state index contributed by atoms with van der Waals surface area (Å²) in [7, 11) is 0. The number of anilines is 2. The number of halogens is 6. The number of carbonyl (C=O) groups excluding carboxylic acids is 1. The van der Waals surface area contributed by atoms with E-state index in [9.17, 15) is 35.9 Å². The summed E-state index contributed by atoms with van der Waals surface area (Å²) in [5, 5.41) is 7.67. The summed E-state index contributed by atoms with van der Waals surface area (Å²) in [5.41, 5.74) is -4.19. The molecule has 4 rings (SSSR count). The van der Waals surface area contributed by atoms with Gasteiger partial charge in [0.25, 0.3) is 5.56 Å². The number of carbonyl (C=O) groups is 1. The van der Waals surface area contributed by atoms with E-state index in [-0.39, 0.29) is 37.7 Å². The fraction of sp³-hybridized carbons (Fsp3) is 0.500. The molecule has 2 aromatic heterocycles. The monoisotopic (exact) mass is 547 g/mol. The van der Waals surface area contributed by atoms with Crippen LogP contribution < -0.4 is 15.8 Å². The molecule has 0 saturated carbocycles. The van der Waals surface area contributed by atoms with Crippen LogP contribution in [0.1, 0.15) is 30.9 Å². The van der Waals surface area contributed by atoms with Gasteiger partial charge in [-0.2, -0.15) is 31.4 Å². The lowest BCUT2D eigenvalue weighted by molar-refractivity contribution is -0.139. The molecule has 4 heterocycles. The van der Waals surface area contributed by atoms with Crippen molar-refractivity contribution in [3.63, 3.8) is 0 Å². The van der Waals surface area contributed by atoms with Gasteiger partial charge in [0.05, 0.1) is 29.5 Å². The topological polar surface area (TPSA) is 116 Å². The maximum atomic E-state index is 13.2. The Morgan fingerprint density at radius 3 is 2.34 bits per heavy atom. The first-order valence-corrected chi connectivity index (χ1v) is 11.5. The normalized spacial score (nSPS) is 20.6. The van der Waals surface area contributed by atoms with Crippen LogP contribution in [0.2, 0.25) is 0 Å². The Hall–Kier alpha value is -3.85. The Morgan fingerprint density at radius 2 is 1.76 bits per heavy atom. The first kappa shape index (κ1) is 27.2. The van der Waals surface area contributed by atoms with Crippen LogP contribution >= 0.6 is 0 Å². The SMILES string of the molecule is C[C@H](/C=C/COC(=O)N1CC2CCC(C1)N2c1ncc(C(F)(F)F)cn1)Nc1cn[nH]c(=O)c1C(F)(F)F. The van der Waals surface area contributed by atoms with Gasteiger partial charge in [0.15, 0.2) is 0 Å². The predicted molar refractivity (Wildman–Crippen MR) is 121 cm³/mol. The molecule has 0 radical (unpaired) electrons. The molecule has 2 N–H and O–H groups in total. The van der Waals surface area contributed by atoms with Gasteiger partial charge in [-0.3, -0.25) is 4.79 Å². The molecule has 2 aliphatic heterocycles. The number of hydrogen-bond donors (Lipinski definition) is 2. The number of nitrogens with zero attached hydrogens (tertiary/aromatic N) is 5. The molecule has 10 nitrogen and oxygen atoms in total. The summed E-state index contributed by atoms with van der Waals surface area (Å²) >= 11 is 0. The van der Waals surface area contributed by atoms with Crippen molar-refractivity contribution in [3.05, 3.63) is 52.2 Å². The van der Waals surface area contributed by atoms with Gasteiger partial charge in [-0.15, -0.1) is 0 Å². The quantitative estimate of drug-likeness (QED) is 0.418. The molecule has 0 aromatic carbocycles. The first-order chi connectivity index (χ1) is 17.8. The standard InChI is InChI=1S/C22H23F6N7O3/c1-12(32-16-9-31-33-18(36)17(16)22(26,27)28)3-2-6-38-20(37)34-10-14-4-5-15(11-34)35(14)19-29-7-13(8-30-19)21(23,24)25/h2-3,7-9,12,14-15H,4-6,10-11H2,1H3,(H2,32,33,36)/b3-2+/t12-,14?,15?/m1/s1. The highest BCUT2D eigenvalue weighted by molar-refractivity contribution is 5.68. The van der Waals surface area contributed by atoms with E-state index in [1.165, 1.54) is 17.1 Å². The van der Waals surface area contributed by atoms with Crippen LogP contribution in [0.3, 0.4) is 0 Å². The molecule has 2 fully saturated rings. The molecule has 2 aliphatic rings. The van der Waals surface area contributed by atoms with Crippen LogP contribution in [0.15, 0.2) is 35.5 Å². The summed E-state index contributed by atoms with van der Waals surface area (Å²) in [5.74, 6) is 0.173. The maximum absolute atomic E-state index is 13.2. The van der Waals surface area contributed by atoms with E-state index in [2.05, 4.69) is 20.4 Å². The fourth-order valence-corrected chi connectivity index (χ4v) is 4.53. The van der Waals surface area contributed by atoms with E-state index in [1.807, 2.05) is 4.90 Å². The molecule has 2 saturated heterocycles. The molecule has 16 heteroatoms. The predicted octanol–water partition coefficient (Wildman–Crippen LogP) is 3.44. The van der Waals surface area contributed by atoms with Crippen molar-refractivity contribution in [2.45, 2.75) is 50.2 Å². The number of nitrogens with one attached hydrogen (secondary N) is 2. The number of hydrogen-bond acceptors (Lipinski definition) is 8. The van der Waals surface area contributed by atoms with Gasteiger partial charge in [-0.1, -0.05) is 6.08 Å². The molecular weight excluding hydrogens is 524 g/mol. The minimum Gasteiger partial charge on any atom is -0.445 e. The number of aromatic amines is 1. The van der Waals surface area contributed by atoms with E-state index in [4.69, 9.17) is 4.74 Å². The highest BCUT2D eigenvalue weighted by Crippen LogP contribution is 2.35.